The third kappa shape index (κ3) is 3.32. The molecule has 2 heterocycles. The monoisotopic (exact) mass is 366 g/mol. The van der Waals surface area contributed by atoms with Crippen LogP contribution in [0.1, 0.15) is 11.3 Å². The van der Waals surface area contributed by atoms with Crippen molar-refractivity contribution in [3.63, 3.8) is 0 Å². The van der Waals surface area contributed by atoms with Crippen molar-refractivity contribution in [2.24, 2.45) is 7.05 Å². The number of nitrogens with zero attached hydrogens (tertiary/aromatic N) is 2. The van der Waals surface area contributed by atoms with E-state index in [0.717, 1.165) is 11.8 Å². The summed E-state index contributed by atoms with van der Waals surface area (Å²) < 4.78 is 46.8. The van der Waals surface area contributed by atoms with Crippen LogP contribution in [0.15, 0.2) is 40.0 Å². The molecule has 1 aliphatic rings. The van der Waals surface area contributed by atoms with Gasteiger partial charge in [-0.1, -0.05) is 0 Å². The van der Waals surface area contributed by atoms with Crippen molar-refractivity contribution in [2.45, 2.75) is 24.8 Å². The fourth-order valence-electron chi connectivity index (χ4n) is 2.71. The molecule has 134 valence electrons. The first-order chi connectivity index (χ1) is 11.7. The Labute approximate surface area is 145 Å². The molecular formula is C17H19FN2O4S. The second-order valence-electron chi connectivity index (χ2n) is 6.20. The summed E-state index contributed by atoms with van der Waals surface area (Å²) in [5.74, 6) is -0.0390. The largest absolute Gasteiger partial charge is 0.487 e. The number of pyridine rings is 1. The van der Waals surface area contributed by atoms with Gasteiger partial charge in [-0.3, -0.25) is 4.79 Å². The SMILES string of the molecule is Cc1cc(F)ccc1S(=O)(=O)N1CC(Oc2cc(C)n(C)c(=O)c2)C1. The van der Waals surface area contributed by atoms with Gasteiger partial charge in [0.2, 0.25) is 10.0 Å². The number of rotatable bonds is 4. The molecular weight excluding hydrogens is 347 g/mol. The van der Waals surface area contributed by atoms with Crippen molar-refractivity contribution >= 4 is 10.0 Å². The quantitative estimate of drug-likeness (QED) is 0.824. The standard InChI is InChI=1S/C17H19FN2O4S/c1-11-6-13(18)4-5-16(11)25(22,23)20-9-15(10-20)24-14-7-12(2)19(3)17(21)8-14/h4-8,15H,9-10H2,1-3H3. The van der Waals surface area contributed by atoms with Gasteiger partial charge < -0.3 is 9.30 Å². The smallest absolute Gasteiger partial charge is 0.254 e. The van der Waals surface area contributed by atoms with Crippen molar-refractivity contribution in [1.29, 1.82) is 0 Å². The van der Waals surface area contributed by atoms with Gasteiger partial charge in [-0.05, 0) is 43.7 Å². The number of halogens is 1. The number of hydrogen-bond acceptors (Lipinski definition) is 4. The van der Waals surface area contributed by atoms with E-state index in [4.69, 9.17) is 4.74 Å². The summed E-state index contributed by atoms with van der Waals surface area (Å²) in [4.78, 5) is 11.9. The molecule has 1 aliphatic heterocycles. The van der Waals surface area contributed by atoms with Gasteiger partial charge in [-0.25, -0.2) is 12.8 Å². The molecule has 1 aromatic heterocycles. The number of ether oxygens (including phenoxy) is 1. The number of hydrogen-bond donors (Lipinski definition) is 0. The van der Waals surface area contributed by atoms with Crippen molar-refractivity contribution in [2.75, 3.05) is 13.1 Å². The van der Waals surface area contributed by atoms with Gasteiger partial charge in [0, 0.05) is 18.8 Å². The van der Waals surface area contributed by atoms with Gasteiger partial charge in [-0.2, -0.15) is 4.31 Å². The van der Waals surface area contributed by atoms with Gasteiger partial charge in [0.25, 0.3) is 5.56 Å². The molecule has 0 saturated carbocycles. The van der Waals surface area contributed by atoms with Gasteiger partial charge >= 0.3 is 0 Å². The highest BCUT2D eigenvalue weighted by Gasteiger charge is 2.38. The van der Waals surface area contributed by atoms with Crippen molar-refractivity contribution < 1.29 is 17.5 Å². The number of aromatic nitrogens is 1. The minimum absolute atomic E-state index is 0.0942. The second-order valence-corrected chi connectivity index (χ2v) is 8.11. The van der Waals surface area contributed by atoms with Crippen LogP contribution >= 0.6 is 0 Å². The molecule has 0 bridgehead atoms. The Kier molecular flexibility index (Phi) is 4.42. The van der Waals surface area contributed by atoms with Crippen molar-refractivity contribution in [3.05, 3.63) is 57.8 Å². The van der Waals surface area contributed by atoms with Crippen molar-refractivity contribution in [3.8, 4) is 5.75 Å². The third-order valence-corrected chi connectivity index (χ3v) is 6.34. The van der Waals surface area contributed by atoms with Gasteiger partial charge in [0.15, 0.2) is 0 Å². The Bertz CT molecular complexity index is 979. The maximum absolute atomic E-state index is 13.2. The number of benzene rings is 1. The van der Waals surface area contributed by atoms with Crippen LogP contribution in [0.2, 0.25) is 0 Å². The van der Waals surface area contributed by atoms with E-state index >= 15 is 0 Å². The van der Waals surface area contributed by atoms with Crippen LogP contribution in [0.4, 0.5) is 4.39 Å². The molecule has 1 aromatic carbocycles. The Morgan fingerprint density at radius 3 is 2.44 bits per heavy atom. The predicted octanol–water partition coefficient (Wildman–Crippen LogP) is 1.59. The highest BCUT2D eigenvalue weighted by atomic mass is 32.2. The van der Waals surface area contributed by atoms with Crippen LogP contribution in [0.25, 0.3) is 0 Å². The number of sulfonamides is 1. The van der Waals surface area contributed by atoms with E-state index in [1.807, 2.05) is 0 Å². The normalized spacial score (nSPS) is 15.8. The lowest BCUT2D eigenvalue weighted by atomic mass is 10.2. The Balaban J connectivity index is 1.71. The molecule has 0 spiro atoms. The first-order valence-electron chi connectivity index (χ1n) is 7.79. The molecule has 1 fully saturated rings. The topological polar surface area (TPSA) is 68.6 Å². The van der Waals surface area contributed by atoms with Crippen LogP contribution in [0, 0.1) is 19.7 Å². The van der Waals surface area contributed by atoms with E-state index in [0.29, 0.717) is 11.3 Å². The van der Waals surface area contributed by atoms with Crippen molar-refractivity contribution in [1.82, 2.24) is 8.87 Å². The maximum Gasteiger partial charge on any atom is 0.254 e. The first-order valence-corrected chi connectivity index (χ1v) is 9.23. The first kappa shape index (κ1) is 17.6. The molecule has 3 rings (SSSR count). The zero-order valence-corrected chi connectivity index (χ0v) is 15.0. The molecule has 1 saturated heterocycles. The summed E-state index contributed by atoms with van der Waals surface area (Å²) in [6.07, 6.45) is -0.318. The molecule has 0 amide bonds. The second kappa shape index (κ2) is 6.27. The summed E-state index contributed by atoms with van der Waals surface area (Å²) in [6, 6.07) is 6.73. The summed E-state index contributed by atoms with van der Waals surface area (Å²) in [7, 11) is -2.01. The van der Waals surface area contributed by atoms with E-state index in [1.165, 1.54) is 27.1 Å². The van der Waals surface area contributed by atoms with Crippen LogP contribution in [0.5, 0.6) is 5.75 Å². The predicted molar refractivity (Wildman–Crippen MR) is 90.7 cm³/mol. The van der Waals surface area contributed by atoms with Gasteiger partial charge in [0.05, 0.1) is 18.0 Å². The average Bonchev–Trinajstić information content (AvgIpc) is 2.47. The lowest BCUT2D eigenvalue weighted by Crippen LogP contribution is -2.56. The van der Waals surface area contributed by atoms with E-state index in [-0.39, 0.29) is 29.6 Å². The van der Waals surface area contributed by atoms with E-state index < -0.39 is 15.8 Å². The average molecular weight is 366 g/mol. The lowest BCUT2D eigenvalue weighted by molar-refractivity contribution is 0.0758. The Morgan fingerprint density at radius 2 is 1.84 bits per heavy atom. The summed E-state index contributed by atoms with van der Waals surface area (Å²) in [6.45, 7) is 3.73. The minimum Gasteiger partial charge on any atom is -0.487 e. The van der Waals surface area contributed by atoms with E-state index in [2.05, 4.69) is 0 Å². The van der Waals surface area contributed by atoms with E-state index in [9.17, 15) is 17.6 Å². The molecule has 0 unspecified atom stereocenters. The van der Waals surface area contributed by atoms with Crippen LogP contribution < -0.4 is 10.3 Å². The van der Waals surface area contributed by atoms with Crippen LogP contribution in [-0.2, 0) is 17.1 Å². The Morgan fingerprint density at radius 1 is 1.16 bits per heavy atom. The summed E-state index contributed by atoms with van der Waals surface area (Å²) in [5.41, 5.74) is 0.945. The maximum atomic E-state index is 13.2. The number of aryl methyl sites for hydroxylation is 2. The summed E-state index contributed by atoms with van der Waals surface area (Å²) >= 11 is 0. The summed E-state index contributed by atoms with van der Waals surface area (Å²) in [5, 5.41) is 0. The third-order valence-electron chi connectivity index (χ3n) is 4.35. The molecule has 6 nitrogen and oxygen atoms in total. The highest BCUT2D eigenvalue weighted by Crippen LogP contribution is 2.26. The molecule has 0 N–H and O–H groups in total. The minimum atomic E-state index is -3.68. The molecule has 0 radical (unpaired) electrons. The zero-order chi connectivity index (χ0) is 18.4. The molecule has 0 atom stereocenters. The molecule has 2 aromatic rings. The highest BCUT2D eigenvalue weighted by molar-refractivity contribution is 7.89. The van der Waals surface area contributed by atoms with Crippen LogP contribution in [0.3, 0.4) is 0 Å². The lowest BCUT2D eigenvalue weighted by Gasteiger charge is -2.38. The zero-order valence-electron chi connectivity index (χ0n) is 14.2. The van der Waals surface area contributed by atoms with Gasteiger partial charge in [0.1, 0.15) is 17.7 Å². The van der Waals surface area contributed by atoms with Crippen LogP contribution in [-0.4, -0.2) is 36.5 Å². The van der Waals surface area contributed by atoms with Gasteiger partial charge in [-0.15, -0.1) is 0 Å². The fourth-order valence-corrected chi connectivity index (χ4v) is 4.42. The van der Waals surface area contributed by atoms with E-state index in [1.54, 1.807) is 27.0 Å². The Hall–Kier alpha value is -2.19. The molecule has 8 heteroatoms. The fraction of sp³-hybridized carbons (Fsp3) is 0.353. The molecule has 25 heavy (non-hydrogen) atoms. The molecule has 0 aliphatic carbocycles.